The number of aromatic nitrogens is 2. The van der Waals surface area contributed by atoms with Gasteiger partial charge in [0.05, 0.1) is 5.52 Å². The Morgan fingerprint density at radius 1 is 1.00 bits per heavy atom. The second-order valence-electron chi connectivity index (χ2n) is 7.53. The quantitative estimate of drug-likeness (QED) is 0.713. The number of aliphatic hydroxyl groups excluding tert-OH is 1. The van der Waals surface area contributed by atoms with Gasteiger partial charge in [0.2, 0.25) is 0 Å². The smallest absolute Gasteiger partial charge is 0.162 e. The number of para-hydroxylation sites is 1. The maximum Gasteiger partial charge on any atom is 0.162 e. The molecule has 1 saturated heterocycles. The molecule has 28 heavy (non-hydrogen) atoms. The van der Waals surface area contributed by atoms with Gasteiger partial charge in [0.25, 0.3) is 0 Å². The van der Waals surface area contributed by atoms with Gasteiger partial charge < -0.3 is 14.9 Å². The molecule has 0 unspecified atom stereocenters. The lowest BCUT2D eigenvalue weighted by Gasteiger charge is -2.37. The molecule has 0 atom stereocenters. The molecule has 2 heterocycles. The lowest BCUT2D eigenvalue weighted by Crippen LogP contribution is -2.44. The number of anilines is 1. The normalized spacial score (nSPS) is 15.5. The summed E-state index contributed by atoms with van der Waals surface area (Å²) in [7, 11) is 2.17. The number of piperidine rings is 1. The lowest BCUT2D eigenvalue weighted by atomic mass is 10.0. The molecule has 146 valence electrons. The van der Waals surface area contributed by atoms with Gasteiger partial charge in [-0.15, -0.1) is 0 Å². The zero-order valence-corrected chi connectivity index (χ0v) is 16.5. The molecule has 3 aromatic rings. The van der Waals surface area contributed by atoms with E-state index >= 15 is 0 Å². The van der Waals surface area contributed by atoms with E-state index in [2.05, 4.69) is 47.2 Å². The molecular weight excluding hydrogens is 348 g/mol. The third-order valence-corrected chi connectivity index (χ3v) is 5.67. The predicted molar refractivity (Wildman–Crippen MR) is 115 cm³/mol. The average Bonchev–Trinajstić information content (AvgIpc) is 2.77. The van der Waals surface area contributed by atoms with Crippen molar-refractivity contribution in [1.29, 1.82) is 0 Å². The summed E-state index contributed by atoms with van der Waals surface area (Å²) in [5.41, 5.74) is 2.04. The Labute approximate surface area is 166 Å². The van der Waals surface area contributed by atoms with Crippen molar-refractivity contribution in [2.45, 2.75) is 25.3 Å². The average molecular weight is 377 g/mol. The Morgan fingerprint density at radius 2 is 1.71 bits per heavy atom. The molecule has 0 amide bonds. The molecule has 5 nitrogen and oxygen atoms in total. The fraction of sp³-hybridized carbons (Fsp3) is 0.391. The molecule has 1 aliphatic rings. The second kappa shape index (κ2) is 8.67. The van der Waals surface area contributed by atoms with E-state index < -0.39 is 0 Å². The highest BCUT2D eigenvalue weighted by Gasteiger charge is 2.24. The fourth-order valence-electron chi connectivity index (χ4n) is 4.04. The van der Waals surface area contributed by atoms with Crippen molar-refractivity contribution in [1.82, 2.24) is 14.9 Å². The van der Waals surface area contributed by atoms with Crippen LogP contribution in [0.5, 0.6) is 0 Å². The van der Waals surface area contributed by atoms with Crippen LogP contribution in [0.25, 0.3) is 22.3 Å². The van der Waals surface area contributed by atoms with Gasteiger partial charge in [-0.05, 0) is 38.4 Å². The van der Waals surface area contributed by atoms with Crippen molar-refractivity contribution >= 4 is 16.7 Å². The van der Waals surface area contributed by atoms with Crippen molar-refractivity contribution in [3.63, 3.8) is 0 Å². The highest BCUT2D eigenvalue weighted by Crippen LogP contribution is 2.30. The van der Waals surface area contributed by atoms with E-state index in [-0.39, 0.29) is 6.61 Å². The number of benzene rings is 2. The van der Waals surface area contributed by atoms with E-state index in [1.54, 1.807) is 0 Å². The van der Waals surface area contributed by atoms with Crippen LogP contribution < -0.4 is 4.90 Å². The number of hydrogen-bond acceptors (Lipinski definition) is 5. The first-order valence-corrected chi connectivity index (χ1v) is 10.1. The van der Waals surface area contributed by atoms with E-state index in [0.29, 0.717) is 6.04 Å². The number of nitrogens with zero attached hydrogens (tertiary/aromatic N) is 4. The molecule has 1 aromatic heterocycles. The van der Waals surface area contributed by atoms with Crippen molar-refractivity contribution in [2.75, 3.05) is 38.2 Å². The van der Waals surface area contributed by atoms with E-state index in [9.17, 15) is 0 Å². The molecule has 5 heteroatoms. The van der Waals surface area contributed by atoms with Gasteiger partial charge in [-0.25, -0.2) is 9.97 Å². The van der Waals surface area contributed by atoms with Crippen molar-refractivity contribution in [2.24, 2.45) is 0 Å². The van der Waals surface area contributed by atoms with Gasteiger partial charge in [-0.1, -0.05) is 42.5 Å². The minimum atomic E-state index is 0.262. The summed E-state index contributed by atoms with van der Waals surface area (Å²) in [5, 5.41) is 10.2. The van der Waals surface area contributed by atoms with Gasteiger partial charge in [0, 0.05) is 43.2 Å². The van der Waals surface area contributed by atoms with Crippen LogP contribution in [-0.2, 0) is 0 Å². The summed E-state index contributed by atoms with van der Waals surface area (Å²) in [6.45, 7) is 3.20. The Kier molecular flexibility index (Phi) is 5.84. The van der Waals surface area contributed by atoms with Crippen molar-refractivity contribution in [3.05, 3.63) is 54.6 Å². The van der Waals surface area contributed by atoms with Crippen LogP contribution in [0.15, 0.2) is 54.6 Å². The number of rotatable bonds is 6. The molecule has 1 N–H and O–H groups in total. The fourth-order valence-corrected chi connectivity index (χ4v) is 4.04. The van der Waals surface area contributed by atoms with Crippen molar-refractivity contribution < 1.29 is 5.11 Å². The van der Waals surface area contributed by atoms with Gasteiger partial charge in [0.1, 0.15) is 5.82 Å². The minimum absolute atomic E-state index is 0.262. The third-order valence-electron chi connectivity index (χ3n) is 5.67. The van der Waals surface area contributed by atoms with Crippen LogP contribution in [-0.4, -0.2) is 59.3 Å². The topological polar surface area (TPSA) is 52.5 Å². The standard InChI is InChI=1S/C23H28N4O/c1-26(14-7-17-28)19-12-15-27(16-13-19)23-20-10-5-6-11-21(20)24-22(25-23)18-8-3-2-4-9-18/h2-6,8-11,19,28H,7,12-17H2,1H3. The first-order valence-electron chi connectivity index (χ1n) is 10.1. The van der Waals surface area contributed by atoms with E-state index in [0.717, 1.165) is 67.0 Å². The Balaban J connectivity index is 1.60. The van der Waals surface area contributed by atoms with Gasteiger partial charge >= 0.3 is 0 Å². The molecule has 0 saturated carbocycles. The number of hydrogen-bond donors (Lipinski definition) is 1. The Morgan fingerprint density at radius 3 is 2.46 bits per heavy atom. The van der Waals surface area contributed by atoms with Crippen LogP contribution in [0.4, 0.5) is 5.82 Å². The SMILES string of the molecule is CN(CCCO)C1CCN(c2nc(-c3ccccc3)nc3ccccc23)CC1. The van der Waals surface area contributed by atoms with Crippen LogP contribution in [0.2, 0.25) is 0 Å². The predicted octanol–water partition coefficient (Wildman–Crippen LogP) is 3.58. The van der Waals surface area contributed by atoms with Crippen LogP contribution in [0.3, 0.4) is 0 Å². The van der Waals surface area contributed by atoms with Crippen molar-refractivity contribution in [3.8, 4) is 11.4 Å². The molecule has 0 bridgehead atoms. The van der Waals surface area contributed by atoms with Crippen LogP contribution in [0, 0.1) is 0 Å². The maximum absolute atomic E-state index is 9.08. The van der Waals surface area contributed by atoms with Gasteiger partial charge in [-0.3, -0.25) is 0 Å². The molecule has 2 aromatic carbocycles. The van der Waals surface area contributed by atoms with E-state index in [1.165, 1.54) is 0 Å². The zero-order valence-electron chi connectivity index (χ0n) is 16.5. The lowest BCUT2D eigenvalue weighted by molar-refractivity contribution is 0.184. The summed E-state index contributed by atoms with van der Waals surface area (Å²) >= 11 is 0. The molecule has 0 radical (unpaired) electrons. The third kappa shape index (κ3) is 4.01. The Bertz CT molecular complexity index is 907. The van der Waals surface area contributed by atoms with Crippen LogP contribution in [0.1, 0.15) is 19.3 Å². The number of fused-ring (bicyclic) bond motifs is 1. The first kappa shape index (κ1) is 18.8. The highest BCUT2D eigenvalue weighted by molar-refractivity contribution is 5.91. The Hall–Kier alpha value is -2.50. The van der Waals surface area contributed by atoms with Gasteiger partial charge in [0.15, 0.2) is 5.82 Å². The summed E-state index contributed by atoms with van der Waals surface area (Å²) in [6, 6.07) is 19.1. The molecule has 0 aliphatic carbocycles. The molecule has 0 spiro atoms. The molecule has 1 aliphatic heterocycles. The highest BCUT2D eigenvalue weighted by atomic mass is 16.3. The van der Waals surface area contributed by atoms with E-state index in [4.69, 9.17) is 15.1 Å². The summed E-state index contributed by atoms with van der Waals surface area (Å²) < 4.78 is 0. The molecular formula is C23H28N4O. The second-order valence-corrected chi connectivity index (χ2v) is 7.53. The zero-order chi connectivity index (χ0) is 19.3. The van der Waals surface area contributed by atoms with E-state index in [1.807, 2.05) is 24.3 Å². The maximum atomic E-state index is 9.08. The summed E-state index contributed by atoms with van der Waals surface area (Å²) in [6.07, 6.45) is 3.07. The van der Waals surface area contributed by atoms with Gasteiger partial charge in [-0.2, -0.15) is 0 Å². The largest absolute Gasteiger partial charge is 0.396 e. The number of aliphatic hydroxyl groups is 1. The monoisotopic (exact) mass is 376 g/mol. The molecule has 4 rings (SSSR count). The summed E-state index contributed by atoms with van der Waals surface area (Å²) in [4.78, 5) is 14.6. The molecule has 1 fully saturated rings. The first-order chi connectivity index (χ1) is 13.8. The summed E-state index contributed by atoms with van der Waals surface area (Å²) in [5.74, 6) is 1.83. The van der Waals surface area contributed by atoms with Crippen LogP contribution >= 0.6 is 0 Å². The minimum Gasteiger partial charge on any atom is -0.396 e.